The number of para-hydroxylation sites is 1. The third kappa shape index (κ3) is 4.29. The summed E-state index contributed by atoms with van der Waals surface area (Å²) in [5.74, 6) is 1.68. The van der Waals surface area contributed by atoms with Crippen LogP contribution in [0.3, 0.4) is 0 Å². The number of hydrogen-bond acceptors (Lipinski definition) is 3. The van der Waals surface area contributed by atoms with Crippen molar-refractivity contribution in [3.05, 3.63) is 103 Å². The van der Waals surface area contributed by atoms with Gasteiger partial charge in [-0.15, -0.1) is 0 Å². The SMILES string of the molecule is C=C/C=C(\C=C)C1=NN2C3=CC=CCC3C(C)(C=CCC)C(C)C2N1c1ccccc1.CC. The Kier molecular flexibility index (Phi) is 7.97. The lowest BCUT2D eigenvalue weighted by Gasteiger charge is -2.54. The molecule has 174 valence electrons. The van der Waals surface area contributed by atoms with Gasteiger partial charge in [-0.25, -0.2) is 5.01 Å². The molecule has 2 aliphatic heterocycles. The summed E-state index contributed by atoms with van der Waals surface area (Å²) in [6.45, 7) is 19.0. The van der Waals surface area contributed by atoms with Gasteiger partial charge in [-0.05, 0) is 31.1 Å². The number of anilines is 1. The Bertz CT molecular complexity index is 995. The van der Waals surface area contributed by atoms with Crippen molar-refractivity contribution < 1.29 is 0 Å². The zero-order chi connectivity index (χ0) is 24.0. The van der Waals surface area contributed by atoms with Crippen molar-refractivity contribution in [1.82, 2.24) is 5.01 Å². The zero-order valence-electron chi connectivity index (χ0n) is 20.9. The molecule has 0 amide bonds. The molecule has 4 atom stereocenters. The van der Waals surface area contributed by atoms with Crippen molar-refractivity contribution in [2.24, 2.45) is 22.4 Å². The van der Waals surface area contributed by atoms with E-state index in [-0.39, 0.29) is 11.6 Å². The molecule has 1 aromatic carbocycles. The van der Waals surface area contributed by atoms with E-state index in [0.29, 0.717) is 11.8 Å². The molecule has 2 heterocycles. The average molecular weight is 442 g/mol. The molecule has 1 aliphatic carbocycles. The Morgan fingerprint density at radius 2 is 1.94 bits per heavy atom. The normalized spacial score (nSPS) is 28.4. The number of piperidine rings is 1. The molecule has 0 radical (unpaired) electrons. The minimum absolute atomic E-state index is 0.0300. The predicted octanol–water partition coefficient (Wildman–Crippen LogP) is 7.86. The molecule has 3 aliphatic rings. The molecule has 1 saturated heterocycles. The molecule has 0 spiro atoms. The maximum atomic E-state index is 5.20. The highest BCUT2D eigenvalue weighted by atomic mass is 15.6. The van der Waals surface area contributed by atoms with Crippen molar-refractivity contribution >= 4 is 11.5 Å². The molecule has 0 bridgehead atoms. The summed E-state index contributed by atoms with van der Waals surface area (Å²) < 4.78 is 0. The molecular weight excluding hydrogens is 402 g/mol. The van der Waals surface area contributed by atoms with Crippen LogP contribution in [0.4, 0.5) is 5.69 Å². The van der Waals surface area contributed by atoms with Gasteiger partial charge in [0.15, 0.2) is 5.84 Å². The van der Waals surface area contributed by atoms with Crippen LogP contribution in [0, 0.1) is 17.3 Å². The molecule has 1 aromatic rings. The summed E-state index contributed by atoms with van der Waals surface area (Å²) in [5.41, 5.74) is 3.45. The number of amidine groups is 1. The van der Waals surface area contributed by atoms with Gasteiger partial charge in [-0.1, -0.05) is 109 Å². The summed E-state index contributed by atoms with van der Waals surface area (Å²) in [7, 11) is 0. The fourth-order valence-electron chi connectivity index (χ4n) is 5.22. The molecule has 4 rings (SSSR count). The van der Waals surface area contributed by atoms with E-state index < -0.39 is 0 Å². The predicted molar refractivity (Wildman–Crippen MR) is 144 cm³/mol. The highest BCUT2D eigenvalue weighted by molar-refractivity contribution is 6.13. The van der Waals surface area contributed by atoms with Crippen molar-refractivity contribution in [3.8, 4) is 0 Å². The maximum Gasteiger partial charge on any atom is 0.162 e. The summed E-state index contributed by atoms with van der Waals surface area (Å²) in [6, 6.07) is 10.6. The second kappa shape index (κ2) is 10.7. The van der Waals surface area contributed by atoms with E-state index in [1.807, 2.05) is 32.1 Å². The van der Waals surface area contributed by atoms with Crippen molar-refractivity contribution in [1.29, 1.82) is 0 Å². The first-order valence-corrected chi connectivity index (χ1v) is 12.3. The number of allylic oxidation sites excluding steroid dienone is 8. The van der Waals surface area contributed by atoms with Gasteiger partial charge >= 0.3 is 0 Å². The number of nitrogens with zero attached hydrogens (tertiary/aromatic N) is 3. The fraction of sp³-hybridized carbons (Fsp3) is 0.367. The molecule has 3 heteroatoms. The van der Waals surface area contributed by atoms with Gasteiger partial charge in [0.2, 0.25) is 0 Å². The van der Waals surface area contributed by atoms with E-state index in [0.717, 1.165) is 29.9 Å². The van der Waals surface area contributed by atoms with E-state index in [2.05, 4.69) is 105 Å². The standard InChI is InChI=1S/C28H33N3.C2H6/c1-6-9-20-28(5)21(4)27-30(23-16-11-10-12-17-23)26(22(8-3)15-7-2)29-31(27)25-19-14-13-18-24(25)28;1-2/h7-17,19-21,24,27H,2-3,6,18H2,1,4-5H3;1-2H3/b20-9?,22-15+;. The average Bonchev–Trinajstić information content (AvgIpc) is 3.27. The Morgan fingerprint density at radius 1 is 1.21 bits per heavy atom. The number of benzene rings is 1. The van der Waals surface area contributed by atoms with Crippen LogP contribution in [0.2, 0.25) is 0 Å². The van der Waals surface area contributed by atoms with E-state index >= 15 is 0 Å². The molecule has 3 nitrogen and oxygen atoms in total. The van der Waals surface area contributed by atoms with E-state index in [1.54, 1.807) is 0 Å². The van der Waals surface area contributed by atoms with Gasteiger partial charge in [0.1, 0.15) is 6.17 Å². The lowest BCUT2D eigenvalue weighted by Crippen LogP contribution is -2.58. The Morgan fingerprint density at radius 3 is 2.58 bits per heavy atom. The quantitative estimate of drug-likeness (QED) is 0.330. The van der Waals surface area contributed by atoms with Crippen molar-refractivity contribution in [2.45, 2.75) is 53.6 Å². The van der Waals surface area contributed by atoms with Crippen LogP contribution in [0.5, 0.6) is 0 Å². The van der Waals surface area contributed by atoms with E-state index in [1.165, 1.54) is 5.70 Å². The van der Waals surface area contributed by atoms with Gasteiger partial charge in [-0.2, -0.15) is 5.10 Å². The van der Waals surface area contributed by atoms with Gasteiger partial charge in [0.25, 0.3) is 0 Å². The van der Waals surface area contributed by atoms with Crippen LogP contribution in [-0.2, 0) is 0 Å². The smallest absolute Gasteiger partial charge is 0.162 e. The maximum absolute atomic E-state index is 5.20. The molecule has 4 unspecified atom stereocenters. The van der Waals surface area contributed by atoms with Crippen LogP contribution in [0.15, 0.2) is 108 Å². The number of rotatable bonds is 6. The second-order valence-corrected chi connectivity index (χ2v) is 8.72. The van der Waals surface area contributed by atoms with Gasteiger partial charge in [0, 0.05) is 34.2 Å². The van der Waals surface area contributed by atoms with Crippen LogP contribution >= 0.6 is 0 Å². The Labute approximate surface area is 200 Å². The molecule has 0 N–H and O–H groups in total. The fourth-order valence-corrected chi connectivity index (χ4v) is 5.22. The summed E-state index contributed by atoms with van der Waals surface area (Å²) >= 11 is 0. The molecule has 0 saturated carbocycles. The molecular formula is C30H39N3. The first-order chi connectivity index (χ1) is 16.1. The number of hydrazone groups is 1. The van der Waals surface area contributed by atoms with Crippen LogP contribution < -0.4 is 4.90 Å². The lowest BCUT2D eigenvalue weighted by atomic mass is 9.61. The van der Waals surface area contributed by atoms with Gasteiger partial charge in [0.05, 0.1) is 0 Å². The lowest BCUT2D eigenvalue weighted by molar-refractivity contribution is 0.0320. The first-order valence-electron chi connectivity index (χ1n) is 12.3. The summed E-state index contributed by atoms with van der Waals surface area (Å²) in [4.78, 5) is 2.38. The molecule has 33 heavy (non-hydrogen) atoms. The highest BCUT2D eigenvalue weighted by Gasteiger charge is 2.55. The monoisotopic (exact) mass is 441 g/mol. The zero-order valence-corrected chi connectivity index (χ0v) is 20.9. The van der Waals surface area contributed by atoms with Gasteiger partial charge < -0.3 is 4.90 Å². The second-order valence-electron chi connectivity index (χ2n) is 8.72. The topological polar surface area (TPSA) is 18.8 Å². The van der Waals surface area contributed by atoms with Crippen LogP contribution in [-0.4, -0.2) is 17.0 Å². The van der Waals surface area contributed by atoms with E-state index in [4.69, 9.17) is 5.10 Å². The number of fused-ring (bicyclic) bond motifs is 3. The molecule has 1 fully saturated rings. The minimum Gasteiger partial charge on any atom is -0.301 e. The van der Waals surface area contributed by atoms with Gasteiger partial charge in [-0.3, -0.25) is 0 Å². The molecule has 0 aromatic heterocycles. The minimum atomic E-state index is 0.0300. The van der Waals surface area contributed by atoms with Crippen LogP contribution in [0.1, 0.15) is 47.5 Å². The summed E-state index contributed by atoms with van der Waals surface area (Å²) in [5, 5.41) is 7.47. The first kappa shape index (κ1) is 24.6. The highest BCUT2D eigenvalue weighted by Crippen LogP contribution is 2.55. The largest absolute Gasteiger partial charge is 0.301 e. The third-order valence-corrected chi connectivity index (χ3v) is 7.04. The van der Waals surface area contributed by atoms with Crippen LogP contribution in [0.25, 0.3) is 0 Å². The Hall–Kier alpha value is -3.07. The Balaban J connectivity index is 0.00000149. The number of hydrogen-bond donors (Lipinski definition) is 0. The third-order valence-electron chi connectivity index (χ3n) is 7.04. The van der Waals surface area contributed by atoms with Crippen molar-refractivity contribution in [2.75, 3.05) is 4.90 Å². The van der Waals surface area contributed by atoms with Crippen molar-refractivity contribution in [3.63, 3.8) is 0 Å². The summed E-state index contributed by atoms with van der Waals surface area (Å²) in [6.07, 6.45) is 19.4. The van der Waals surface area contributed by atoms with E-state index in [9.17, 15) is 0 Å².